The molecule has 0 radical (unpaired) electrons. The first kappa shape index (κ1) is 65.1. The van der Waals surface area contributed by atoms with Crippen LogP contribution in [0.25, 0.3) is 0 Å². The van der Waals surface area contributed by atoms with E-state index in [4.69, 9.17) is 9.47 Å². The number of ether oxygens (including phenoxy) is 2. The predicted molar refractivity (Wildman–Crippen MR) is 278 cm³/mol. The highest BCUT2D eigenvalue weighted by Gasteiger charge is 2.48. The summed E-state index contributed by atoms with van der Waals surface area (Å²) in [5.41, 5.74) is 0. The van der Waals surface area contributed by atoms with E-state index in [0.29, 0.717) is 12.8 Å². The first-order valence-electron chi connectivity index (χ1n) is 28.9. The van der Waals surface area contributed by atoms with Gasteiger partial charge in [0.25, 0.3) is 0 Å². The second-order valence-electron chi connectivity index (χ2n) is 20.6. The van der Waals surface area contributed by atoms with Gasteiger partial charge in [0, 0.05) is 6.42 Å². The average molecular weight is 993 g/mol. The van der Waals surface area contributed by atoms with E-state index >= 15 is 0 Å². The van der Waals surface area contributed by atoms with Gasteiger partial charge in [0.05, 0.1) is 25.4 Å². The minimum atomic E-state index is -5.08. The van der Waals surface area contributed by atoms with Crippen LogP contribution in [0.3, 0.4) is 0 Å². The van der Waals surface area contributed by atoms with E-state index in [2.05, 4.69) is 23.3 Å². The maximum Gasteiger partial charge on any atom is 0.397 e. The quantitative estimate of drug-likeness (QED) is 0.0251. The molecule has 12 nitrogen and oxygen atoms in total. The number of unbranched alkanes of at least 4 members (excludes halogenated alkanes) is 39. The Hall–Kier alpha value is -0.900. The molecular formula is C55H109NO11S. The van der Waals surface area contributed by atoms with Crippen molar-refractivity contribution in [3.63, 3.8) is 0 Å². The van der Waals surface area contributed by atoms with E-state index in [0.717, 1.165) is 51.4 Å². The fourth-order valence-electron chi connectivity index (χ4n) is 9.70. The second kappa shape index (κ2) is 45.9. The van der Waals surface area contributed by atoms with Gasteiger partial charge in [0.2, 0.25) is 5.91 Å². The van der Waals surface area contributed by atoms with E-state index in [9.17, 15) is 38.2 Å². The van der Waals surface area contributed by atoms with Gasteiger partial charge in [-0.1, -0.05) is 271 Å². The van der Waals surface area contributed by atoms with Gasteiger partial charge in [-0.15, -0.1) is 0 Å². The zero-order chi connectivity index (χ0) is 49.8. The normalized spacial score (nSPS) is 19.7. The second-order valence-corrected chi connectivity index (χ2v) is 21.6. The van der Waals surface area contributed by atoms with E-state index in [1.54, 1.807) is 0 Å². The highest BCUT2D eigenvalue weighted by molar-refractivity contribution is 7.80. The molecule has 406 valence electrons. The van der Waals surface area contributed by atoms with Crippen molar-refractivity contribution in [3.05, 3.63) is 0 Å². The van der Waals surface area contributed by atoms with Gasteiger partial charge < -0.3 is 35.2 Å². The fraction of sp³-hybridized carbons (Fsp3) is 0.982. The molecule has 13 heteroatoms. The zero-order valence-corrected chi connectivity index (χ0v) is 44.8. The molecule has 1 aliphatic rings. The van der Waals surface area contributed by atoms with Gasteiger partial charge >= 0.3 is 10.4 Å². The van der Waals surface area contributed by atoms with Crippen molar-refractivity contribution in [3.8, 4) is 0 Å². The molecule has 1 aliphatic heterocycles. The lowest BCUT2D eigenvalue weighted by Crippen LogP contribution is -2.61. The number of hydrogen-bond acceptors (Lipinski definition) is 10. The van der Waals surface area contributed by atoms with Gasteiger partial charge in [-0.25, -0.2) is 4.18 Å². The Kier molecular flexibility index (Phi) is 44.0. The molecule has 0 spiro atoms. The van der Waals surface area contributed by atoms with Crippen LogP contribution < -0.4 is 5.32 Å². The molecule has 1 heterocycles. The zero-order valence-electron chi connectivity index (χ0n) is 44.0. The van der Waals surface area contributed by atoms with Crippen molar-refractivity contribution in [2.24, 2.45) is 0 Å². The summed E-state index contributed by atoms with van der Waals surface area (Å²) in [6.45, 7) is 3.49. The van der Waals surface area contributed by atoms with Gasteiger partial charge in [-0.05, 0) is 12.8 Å². The Balaban J connectivity index is 2.28. The Morgan fingerprint density at radius 1 is 0.529 bits per heavy atom. The molecule has 0 bridgehead atoms. The summed E-state index contributed by atoms with van der Waals surface area (Å²) in [6, 6.07) is -0.852. The molecule has 1 fully saturated rings. The molecule has 0 saturated carbocycles. The van der Waals surface area contributed by atoms with Crippen LogP contribution >= 0.6 is 0 Å². The number of aliphatic hydroxyl groups is 4. The molecule has 0 aromatic carbocycles. The van der Waals surface area contributed by atoms with Crippen LogP contribution in [0.1, 0.15) is 290 Å². The first-order valence-corrected chi connectivity index (χ1v) is 30.3. The van der Waals surface area contributed by atoms with E-state index in [-0.39, 0.29) is 12.5 Å². The van der Waals surface area contributed by atoms with Crippen LogP contribution in [0.15, 0.2) is 0 Å². The molecule has 1 saturated heterocycles. The molecule has 1 rings (SSSR count). The summed E-state index contributed by atoms with van der Waals surface area (Å²) in [7, 11) is -5.08. The smallest absolute Gasteiger partial charge is 0.394 e. The number of amides is 1. The van der Waals surface area contributed by atoms with Crippen LogP contribution in [0.5, 0.6) is 0 Å². The van der Waals surface area contributed by atoms with E-state index in [1.165, 1.54) is 212 Å². The topological polar surface area (TPSA) is 192 Å². The fourth-order valence-corrected chi connectivity index (χ4v) is 10.2. The molecule has 0 aliphatic carbocycles. The molecular weight excluding hydrogens is 883 g/mol. The predicted octanol–water partition coefficient (Wildman–Crippen LogP) is 13.3. The lowest BCUT2D eigenvalue weighted by molar-refractivity contribution is -0.298. The summed E-state index contributed by atoms with van der Waals surface area (Å²) in [6.07, 6.45) is 44.1. The SMILES string of the molecule is CCCCCCCCCCCCCCCCCCCCCCCCCCCCCC(=O)NC(COC1OC(CO)C(O)C(OS(=O)(=O)O)C1O)C(O)CCCCCCCCCCCCCCCC. The van der Waals surface area contributed by atoms with Crippen molar-refractivity contribution in [1.29, 1.82) is 0 Å². The van der Waals surface area contributed by atoms with Crippen LogP contribution in [0.2, 0.25) is 0 Å². The number of nitrogens with one attached hydrogen (secondary N) is 1. The van der Waals surface area contributed by atoms with Gasteiger partial charge in [0.1, 0.15) is 24.4 Å². The minimum absolute atomic E-state index is 0.223. The summed E-state index contributed by atoms with van der Waals surface area (Å²) in [5.74, 6) is -0.223. The molecule has 68 heavy (non-hydrogen) atoms. The van der Waals surface area contributed by atoms with Crippen molar-refractivity contribution >= 4 is 16.3 Å². The third-order valence-electron chi connectivity index (χ3n) is 14.2. The Bertz CT molecular complexity index is 1210. The lowest BCUT2D eigenvalue weighted by Gasteiger charge is -2.41. The molecule has 7 unspecified atom stereocenters. The van der Waals surface area contributed by atoms with Crippen LogP contribution in [0.4, 0.5) is 0 Å². The summed E-state index contributed by atoms with van der Waals surface area (Å²) in [4.78, 5) is 13.1. The molecule has 7 atom stereocenters. The highest BCUT2D eigenvalue weighted by Crippen LogP contribution is 2.26. The number of rotatable bonds is 51. The summed E-state index contributed by atoms with van der Waals surface area (Å²) < 4.78 is 47.8. The summed E-state index contributed by atoms with van der Waals surface area (Å²) in [5, 5.41) is 45.0. The minimum Gasteiger partial charge on any atom is -0.394 e. The maximum atomic E-state index is 13.1. The Morgan fingerprint density at radius 3 is 1.18 bits per heavy atom. The number of aliphatic hydroxyl groups excluding tert-OH is 4. The van der Waals surface area contributed by atoms with E-state index in [1.807, 2.05) is 0 Å². The van der Waals surface area contributed by atoms with Crippen LogP contribution in [-0.2, 0) is 28.9 Å². The lowest BCUT2D eigenvalue weighted by atomic mass is 9.99. The van der Waals surface area contributed by atoms with Gasteiger partial charge in [-0.2, -0.15) is 8.42 Å². The summed E-state index contributed by atoms with van der Waals surface area (Å²) >= 11 is 0. The standard InChI is InChI=1S/C55H109NO11S/c1-3-5-7-9-11-13-15-17-19-20-21-22-23-24-25-26-27-28-29-30-31-33-35-37-39-41-43-45-51(59)56-48(47-65-55-53(61)54(67-68(62,63)64)52(60)50(46-57)66-55)49(58)44-42-40-38-36-34-32-18-16-14-12-10-8-6-4-2/h48-50,52-55,57-58,60-61H,3-47H2,1-2H3,(H,56,59)(H,62,63,64). The maximum absolute atomic E-state index is 13.1. The van der Waals surface area contributed by atoms with Crippen LogP contribution in [0, 0.1) is 0 Å². The molecule has 1 amide bonds. The molecule has 0 aromatic heterocycles. The van der Waals surface area contributed by atoms with Crippen molar-refractivity contribution in [1.82, 2.24) is 5.32 Å². The van der Waals surface area contributed by atoms with Gasteiger partial charge in [-0.3, -0.25) is 9.35 Å². The number of carbonyl (C=O) groups is 1. The third-order valence-corrected chi connectivity index (χ3v) is 14.6. The largest absolute Gasteiger partial charge is 0.397 e. The third kappa shape index (κ3) is 37.8. The first-order chi connectivity index (χ1) is 33.0. The number of carbonyl (C=O) groups excluding carboxylic acids is 1. The Morgan fingerprint density at radius 2 is 0.853 bits per heavy atom. The monoisotopic (exact) mass is 992 g/mol. The van der Waals surface area contributed by atoms with E-state index < -0.39 is 59.9 Å². The Labute approximate surface area is 418 Å². The van der Waals surface area contributed by atoms with Crippen molar-refractivity contribution in [2.75, 3.05) is 13.2 Å². The van der Waals surface area contributed by atoms with Crippen molar-refractivity contribution < 1.29 is 51.8 Å². The average Bonchev–Trinajstić information content (AvgIpc) is 3.31. The van der Waals surface area contributed by atoms with Crippen molar-refractivity contribution in [2.45, 2.75) is 333 Å². The highest BCUT2D eigenvalue weighted by atomic mass is 32.3. The molecule has 0 aromatic rings. The number of hydrogen-bond donors (Lipinski definition) is 6. The molecule has 6 N–H and O–H groups in total. The van der Waals surface area contributed by atoms with Crippen LogP contribution in [-0.4, -0.2) is 95.4 Å². The van der Waals surface area contributed by atoms with Gasteiger partial charge in [0.15, 0.2) is 6.29 Å².